The summed E-state index contributed by atoms with van der Waals surface area (Å²) in [6.45, 7) is 2.98. The van der Waals surface area contributed by atoms with Crippen molar-refractivity contribution in [2.75, 3.05) is 16.0 Å². The van der Waals surface area contributed by atoms with Crippen molar-refractivity contribution in [2.24, 2.45) is 0 Å². The van der Waals surface area contributed by atoms with E-state index in [1.165, 1.54) is 0 Å². The second kappa shape index (κ2) is 7.62. The molecule has 0 aliphatic heterocycles. The Bertz CT molecular complexity index is 646. The number of amides is 3. The molecule has 24 heavy (non-hydrogen) atoms. The van der Waals surface area contributed by atoms with Crippen molar-refractivity contribution in [3.63, 3.8) is 0 Å². The minimum absolute atomic E-state index is 0.483. The Labute approximate surface area is 134 Å². The van der Waals surface area contributed by atoms with Crippen molar-refractivity contribution in [3.8, 4) is 0 Å². The van der Waals surface area contributed by atoms with Crippen molar-refractivity contribution in [1.82, 2.24) is 15.0 Å². The molecule has 0 spiro atoms. The maximum atomic E-state index is 11.4. The molecular weight excluding hydrogens is 324 g/mol. The molecule has 1 aromatic heterocycles. The number of ketones is 3. The van der Waals surface area contributed by atoms with Crippen molar-refractivity contribution in [2.45, 2.75) is 20.8 Å². The average molecular weight is 336 g/mol. The van der Waals surface area contributed by atoms with Crippen LogP contribution < -0.4 is 16.0 Å². The quantitative estimate of drug-likeness (QED) is 0.519. The number of nitrogens with one attached hydrogen (secondary N) is 3. The van der Waals surface area contributed by atoms with Gasteiger partial charge in [-0.15, -0.1) is 0 Å². The fourth-order valence-corrected chi connectivity index (χ4v) is 1.11. The van der Waals surface area contributed by atoms with Gasteiger partial charge in [-0.05, 0) is 0 Å². The smallest absolute Gasteiger partial charge is 0.289 e. The van der Waals surface area contributed by atoms with Crippen LogP contribution in [0.3, 0.4) is 0 Å². The SMILES string of the molecule is CC(=O)C(=O)Nc1nc(NC(=O)C(C)=O)nc(NC(=O)C(C)=O)n1. The van der Waals surface area contributed by atoms with E-state index in [0.717, 1.165) is 20.8 Å². The summed E-state index contributed by atoms with van der Waals surface area (Å²) in [5.74, 6) is -7.18. The molecule has 0 saturated carbocycles. The predicted octanol–water partition coefficient (Wildman–Crippen LogP) is -1.55. The van der Waals surface area contributed by atoms with Crippen LogP contribution in [0.1, 0.15) is 20.8 Å². The first-order chi connectivity index (χ1) is 11.1. The third-order valence-electron chi connectivity index (χ3n) is 2.27. The van der Waals surface area contributed by atoms with E-state index in [9.17, 15) is 28.8 Å². The molecule has 1 heterocycles. The Morgan fingerprint density at radius 2 is 0.750 bits per heavy atom. The molecule has 1 aromatic rings. The highest BCUT2D eigenvalue weighted by Crippen LogP contribution is 2.09. The minimum Gasteiger partial charge on any atom is -0.289 e. The van der Waals surface area contributed by atoms with Crippen LogP contribution in [-0.4, -0.2) is 50.0 Å². The third-order valence-corrected chi connectivity index (χ3v) is 2.27. The Morgan fingerprint density at radius 1 is 0.542 bits per heavy atom. The Kier molecular flexibility index (Phi) is 5.87. The van der Waals surface area contributed by atoms with Crippen LogP contribution in [0.25, 0.3) is 0 Å². The second-order valence-corrected chi connectivity index (χ2v) is 4.34. The van der Waals surface area contributed by atoms with Crippen LogP contribution >= 0.6 is 0 Å². The van der Waals surface area contributed by atoms with Gasteiger partial charge in [0.15, 0.2) is 0 Å². The lowest BCUT2D eigenvalue weighted by molar-refractivity contribution is -0.133. The van der Waals surface area contributed by atoms with Gasteiger partial charge in [0.05, 0.1) is 0 Å². The zero-order valence-electron chi connectivity index (χ0n) is 12.8. The highest BCUT2D eigenvalue weighted by molar-refractivity contribution is 6.40. The highest BCUT2D eigenvalue weighted by Gasteiger charge is 2.17. The van der Waals surface area contributed by atoms with Crippen LogP contribution in [0.2, 0.25) is 0 Å². The van der Waals surface area contributed by atoms with Gasteiger partial charge in [0.1, 0.15) is 0 Å². The van der Waals surface area contributed by atoms with E-state index in [4.69, 9.17) is 0 Å². The maximum absolute atomic E-state index is 11.4. The second-order valence-electron chi connectivity index (χ2n) is 4.34. The number of anilines is 3. The minimum atomic E-state index is -1.06. The van der Waals surface area contributed by atoms with E-state index in [1.54, 1.807) is 0 Å². The molecule has 0 aromatic carbocycles. The topological polar surface area (TPSA) is 177 Å². The van der Waals surface area contributed by atoms with E-state index in [2.05, 4.69) is 15.0 Å². The van der Waals surface area contributed by atoms with Crippen LogP contribution in [0, 0.1) is 0 Å². The van der Waals surface area contributed by atoms with Crippen LogP contribution in [0.15, 0.2) is 0 Å². The summed E-state index contributed by atoms with van der Waals surface area (Å²) >= 11 is 0. The summed E-state index contributed by atoms with van der Waals surface area (Å²) in [7, 11) is 0. The molecule has 0 aliphatic carbocycles. The first kappa shape index (κ1) is 18.5. The first-order valence-corrected chi connectivity index (χ1v) is 6.32. The summed E-state index contributed by atoms with van der Waals surface area (Å²) in [6, 6.07) is 0. The molecule has 0 fully saturated rings. The molecular formula is C12H12N6O6. The van der Waals surface area contributed by atoms with E-state index in [1.807, 2.05) is 16.0 Å². The molecule has 3 N–H and O–H groups in total. The third kappa shape index (κ3) is 5.32. The molecule has 12 heteroatoms. The van der Waals surface area contributed by atoms with Gasteiger partial charge in [0, 0.05) is 20.8 Å². The molecule has 1 rings (SSSR count). The Morgan fingerprint density at radius 3 is 0.917 bits per heavy atom. The summed E-state index contributed by atoms with van der Waals surface area (Å²) in [5, 5.41) is 6.01. The lowest BCUT2D eigenvalue weighted by Gasteiger charge is -2.08. The number of carbonyl (C=O) groups is 6. The Hall–Kier alpha value is -3.57. The molecule has 0 atom stereocenters. The van der Waals surface area contributed by atoms with Crippen LogP contribution in [0.5, 0.6) is 0 Å². The predicted molar refractivity (Wildman–Crippen MR) is 77.8 cm³/mol. The molecule has 0 radical (unpaired) electrons. The summed E-state index contributed by atoms with van der Waals surface area (Å²) in [6.07, 6.45) is 0. The van der Waals surface area contributed by atoms with E-state index >= 15 is 0 Å². The van der Waals surface area contributed by atoms with Gasteiger partial charge in [-0.3, -0.25) is 44.7 Å². The number of carbonyl (C=O) groups excluding carboxylic acids is 6. The Balaban J connectivity index is 3.17. The standard InChI is InChI=1S/C12H12N6O6/c1-4(19)7(22)13-10-16-11(14-8(23)5(2)20)18-12(17-10)15-9(24)6(3)21/h1-3H3,(H3,13,14,15,16,17,18,22,23,24). The summed E-state index contributed by atoms with van der Waals surface area (Å²) in [4.78, 5) is 77.7. The maximum Gasteiger partial charge on any atom is 0.293 e. The number of rotatable bonds is 6. The zero-order chi connectivity index (χ0) is 18.4. The number of Topliss-reactive ketones (excluding diaryl/α,β-unsaturated/α-hetero) is 3. The van der Waals surface area contributed by atoms with Gasteiger partial charge in [-0.1, -0.05) is 0 Å². The molecule has 3 amide bonds. The normalized spacial score (nSPS) is 9.62. The van der Waals surface area contributed by atoms with Crippen molar-refractivity contribution < 1.29 is 28.8 Å². The van der Waals surface area contributed by atoms with Gasteiger partial charge >= 0.3 is 0 Å². The summed E-state index contributed by atoms with van der Waals surface area (Å²) in [5.41, 5.74) is 0. The lowest BCUT2D eigenvalue weighted by Crippen LogP contribution is -2.26. The number of aromatic nitrogens is 3. The first-order valence-electron chi connectivity index (χ1n) is 6.32. The average Bonchev–Trinajstić information content (AvgIpc) is 2.46. The molecule has 12 nitrogen and oxygen atoms in total. The van der Waals surface area contributed by atoms with E-state index < -0.39 is 52.9 Å². The van der Waals surface area contributed by atoms with Crippen molar-refractivity contribution >= 4 is 52.9 Å². The van der Waals surface area contributed by atoms with E-state index in [-0.39, 0.29) is 0 Å². The van der Waals surface area contributed by atoms with Gasteiger partial charge < -0.3 is 0 Å². The van der Waals surface area contributed by atoms with Crippen LogP contribution in [-0.2, 0) is 28.8 Å². The van der Waals surface area contributed by atoms with Crippen LogP contribution in [0.4, 0.5) is 17.8 Å². The number of hydrogen-bond donors (Lipinski definition) is 3. The zero-order valence-corrected chi connectivity index (χ0v) is 12.8. The van der Waals surface area contributed by atoms with Gasteiger partial charge in [0.25, 0.3) is 17.7 Å². The lowest BCUT2D eigenvalue weighted by atomic mass is 10.4. The largest absolute Gasteiger partial charge is 0.293 e. The van der Waals surface area contributed by atoms with Gasteiger partial charge in [-0.25, -0.2) is 0 Å². The fraction of sp³-hybridized carbons (Fsp3) is 0.250. The summed E-state index contributed by atoms with van der Waals surface area (Å²) < 4.78 is 0. The highest BCUT2D eigenvalue weighted by atomic mass is 16.2. The monoisotopic (exact) mass is 336 g/mol. The number of nitrogens with zero attached hydrogens (tertiary/aromatic N) is 3. The molecule has 126 valence electrons. The van der Waals surface area contributed by atoms with Gasteiger partial charge in [-0.2, -0.15) is 15.0 Å². The fourth-order valence-electron chi connectivity index (χ4n) is 1.11. The molecule has 0 unspecified atom stereocenters. The van der Waals surface area contributed by atoms with Crippen molar-refractivity contribution in [3.05, 3.63) is 0 Å². The molecule has 0 aliphatic rings. The number of hydrogen-bond acceptors (Lipinski definition) is 9. The van der Waals surface area contributed by atoms with E-state index in [0.29, 0.717) is 0 Å². The van der Waals surface area contributed by atoms with Gasteiger partial charge in [0.2, 0.25) is 35.2 Å². The molecule has 0 saturated heterocycles. The van der Waals surface area contributed by atoms with Crippen molar-refractivity contribution in [1.29, 1.82) is 0 Å². The molecule has 0 bridgehead atoms.